The number of nitrogens with zero attached hydrogens (tertiary/aromatic N) is 4. The minimum absolute atomic E-state index is 0.404. The molecule has 2 unspecified atom stereocenters. The minimum Gasteiger partial charge on any atom is -0.480 e. The van der Waals surface area contributed by atoms with Crippen LogP contribution in [-0.2, 0) is 10.3 Å². The topological polar surface area (TPSA) is 94.3 Å². The Hall–Kier alpha value is -1.71. The van der Waals surface area contributed by atoms with Crippen LogP contribution in [0, 0.1) is 6.92 Å². The van der Waals surface area contributed by atoms with Gasteiger partial charge in [0.15, 0.2) is 6.29 Å². The summed E-state index contributed by atoms with van der Waals surface area (Å²) in [7, 11) is 1.54. The van der Waals surface area contributed by atoms with E-state index in [1.165, 1.54) is 0 Å². The van der Waals surface area contributed by atoms with Crippen LogP contribution >= 0.6 is 15.9 Å². The van der Waals surface area contributed by atoms with Crippen LogP contribution in [0.3, 0.4) is 0 Å². The van der Waals surface area contributed by atoms with Crippen molar-refractivity contribution < 1.29 is 14.6 Å². The summed E-state index contributed by atoms with van der Waals surface area (Å²) in [4.78, 5) is 8.47. The van der Waals surface area contributed by atoms with E-state index in [9.17, 15) is 5.11 Å². The molecule has 0 aromatic carbocycles. The number of nitrogens with one attached hydrogen (secondary N) is 1. The summed E-state index contributed by atoms with van der Waals surface area (Å²) in [5.74, 6) is 0.847. The summed E-state index contributed by atoms with van der Waals surface area (Å²) in [6.45, 7) is 4.30. The van der Waals surface area contributed by atoms with Gasteiger partial charge in [-0.05, 0) is 29.8 Å². The molecule has 0 radical (unpaired) electrons. The highest BCUT2D eigenvalue weighted by Gasteiger charge is 2.41. The molecular formula is C14H18BrN5O3. The van der Waals surface area contributed by atoms with Gasteiger partial charge in [-0.1, -0.05) is 0 Å². The number of hydrogen-bond acceptors (Lipinski definition) is 7. The zero-order chi connectivity index (χ0) is 16.6. The van der Waals surface area contributed by atoms with Crippen LogP contribution in [0.4, 0.5) is 11.6 Å². The molecule has 23 heavy (non-hydrogen) atoms. The number of aromatic nitrogens is 4. The largest absolute Gasteiger partial charge is 0.480 e. The van der Waals surface area contributed by atoms with Crippen molar-refractivity contribution in [2.45, 2.75) is 32.1 Å². The van der Waals surface area contributed by atoms with Crippen LogP contribution in [0.2, 0.25) is 0 Å². The number of methoxy groups -OCH3 is 1. The van der Waals surface area contributed by atoms with E-state index in [1.807, 2.05) is 20.0 Å². The van der Waals surface area contributed by atoms with Gasteiger partial charge in [0.05, 0.1) is 35.8 Å². The maximum absolute atomic E-state index is 10.0. The molecule has 124 valence electrons. The minimum atomic E-state index is -0.876. The Labute approximate surface area is 142 Å². The molecule has 8 nitrogen and oxygen atoms in total. The van der Waals surface area contributed by atoms with Gasteiger partial charge in [-0.3, -0.25) is 4.68 Å². The normalized spacial score (nSPS) is 24.0. The molecule has 9 heteroatoms. The quantitative estimate of drug-likeness (QED) is 0.832. The Morgan fingerprint density at radius 3 is 3.00 bits per heavy atom. The second-order valence-corrected chi connectivity index (χ2v) is 6.43. The van der Waals surface area contributed by atoms with Crippen molar-refractivity contribution in [1.82, 2.24) is 19.7 Å². The first-order chi connectivity index (χ1) is 10.9. The molecule has 2 atom stereocenters. The number of rotatable bonds is 4. The van der Waals surface area contributed by atoms with E-state index in [0.717, 1.165) is 11.4 Å². The fraction of sp³-hybridized carbons (Fsp3) is 0.500. The summed E-state index contributed by atoms with van der Waals surface area (Å²) in [6.07, 6.45) is 3.25. The molecule has 1 saturated heterocycles. The average molecular weight is 384 g/mol. The number of aliphatic hydroxyl groups excluding tert-OH is 1. The lowest BCUT2D eigenvalue weighted by atomic mass is 10.0. The lowest BCUT2D eigenvalue weighted by Crippen LogP contribution is -2.38. The van der Waals surface area contributed by atoms with Crippen LogP contribution in [-0.4, -0.2) is 44.9 Å². The molecule has 1 fully saturated rings. The van der Waals surface area contributed by atoms with E-state index in [0.29, 0.717) is 29.3 Å². The Balaban J connectivity index is 1.87. The van der Waals surface area contributed by atoms with Gasteiger partial charge in [-0.2, -0.15) is 10.1 Å². The molecule has 2 aromatic rings. The SMILES string of the molecule is COc1nc(Nc2cn(C3(C)CCOC3O)nc2C)ncc1Br. The van der Waals surface area contributed by atoms with Crippen LogP contribution in [0.5, 0.6) is 5.88 Å². The molecule has 3 rings (SSSR count). The second-order valence-electron chi connectivity index (χ2n) is 5.58. The molecule has 0 amide bonds. The van der Waals surface area contributed by atoms with Crippen molar-refractivity contribution in [1.29, 1.82) is 0 Å². The highest BCUT2D eigenvalue weighted by atomic mass is 79.9. The van der Waals surface area contributed by atoms with Gasteiger partial charge in [0.25, 0.3) is 0 Å². The first kappa shape index (κ1) is 16.2. The van der Waals surface area contributed by atoms with Gasteiger partial charge in [-0.25, -0.2) is 4.98 Å². The number of ether oxygens (including phenoxy) is 2. The molecule has 0 aliphatic carbocycles. The van der Waals surface area contributed by atoms with E-state index in [-0.39, 0.29) is 0 Å². The second kappa shape index (κ2) is 6.06. The first-order valence-electron chi connectivity index (χ1n) is 7.14. The van der Waals surface area contributed by atoms with E-state index in [4.69, 9.17) is 9.47 Å². The van der Waals surface area contributed by atoms with Crippen LogP contribution < -0.4 is 10.1 Å². The van der Waals surface area contributed by atoms with Crippen molar-refractivity contribution in [2.24, 2.45) is 0 Å². The molecule has 0 spiro atoms. The molecule has 2 aromatic heterocycles. The Bertz CT molecular complexity index is 722. The smallest absolute Gasteiger partial charge is 0.232 e. The van der Waals surface area contributed by atoms with E-state index in [1.54, 1.807) is 18.0 Å². The van der Waals surface area contributed by atoms with Crippen molar-refractivity contribution >= 4 is 27.6 Å². The average Bonchev–Trinajstić information content (AvgIpc) is 3.06. The summed E-state index contributed by atoms with van der Waals surface area (Å²) in [5.41, 5.74) is 0.952. The highest BCUT2D eigenvalue weighted by molar-refractivity contribution is 9.10. The van der Waals surface area contributed by atoms with Gasteiger partial charge < -0.3 is 19.9 Å². The maximum atomic E-state index is 10.0. The van der Waals surface area contributed by atoms with Crippen molar-refractivity contribution in [2.75, 3.05) is 19.0 Å². The Kier molecular flexibility index (Phi) is 4.26. The molecule has 1 aliphatic heterocycles. The number of anilines is 2. The predicted octanol–water partition coefficient (Wildman–Crippen LogP) is 1.95. The van der Waals surface area contributed by atoms with Crippen molar-refractivity contribution in [3.05, 3.63) is 22.6 Å². The number of hydrogen-bond donors (Lipinski definition) is 2. The van der Waals surface area contributed by atoms with Gasteiger partial charge in [0.2, 0.25) is 11.8 Å². The maximum Gasteiger partial charge on any atom is 0.232 e. The number of aliphatic hydroxyl groups is 1. The van der Waals surface area contributed by atoms with Gasteiger partial charge in [0, 0.05) is 12.6 Å². The predicted molar refractivity (Wildman–Crippen MR) is 86.8 cm³/mol. The lowest BCUT2D eigenvalue weighted by molar-refractivity contribution is -0.109. The van der Waals surface area contributed by atoms with E-state index in [2.05, 4.69) is 36.3 Å². The highest BCUT2D eigenvalue weighted by Crippen LogP contribution is 2.33. The fourth-order valence-corrected chi connectivity index (χ4v) is 2.78. The Morgan fingerprint density at radius 1 is 1.57 bits per heavy atom. The summed E-state index contributed by atoms with van der Waals surface area (Å²) >= 11 is 3.32. The molecule has 0 saturated carbocycles. The summed E-state index contributed by atoms with van der Waals surface area (Å²) < 4.78 is 12.8. The van der Waals surface area contributed by atoms with E-state index >= 15 is 0 Å². The molecule has 3 heterocycles. The molecule has 2 N–H and O–H groups in total. The van der Waals surface area contributed by atoms with Crippen molar-refractivity contribution in [3.8, 4) is 5.88 Å². The third-order valence-electron chi connectivity index (χ3n) is 3.99. The van der Waals surface area contributed by atoms with Crippen molar-refractivity contribution in [3.63, 3.8) is 0 Å². The van der Waals surface area contributed by atoms with Gasteiger partial charge >= 0.3 is 0 Å². The molecular weight excluding hydrogens is 366 g/mol. The zero-order valence-electron chi connectivity index (χ0n) is 13.1. The van der Waals surface area contributed by atoms with Gasteiger partial charge in [-0.15, -0.1) is 0 Å². The number of aryl methyl sites for hydroxylation is 1. The van der Waals surface area contributed by atoms with Crippen LogP contribution in [0.25, 0.3) is 0 Å². The summed E-state index contributed by atoms with van der Waals surface area (Å²) in [5, 5.41) is 17.7. The molecule has 0 bridgehead atoms. The third kappa shape index (κ3) is 2.91. The monoisotopic (exact) mass is 383 g/mol. The zero-order valence-corrected chi connectivity index (χ0v) is 14.7. The molecule has 1 aliphatic rings. The standard InChI is InChI=1S/C14H18BrN5O3/c1-8-10(17-13-16-6-9(15)11(18-13)22-3)7-20(19-8)14(2)4-5-23-12(14)21/h6-7,12,21H,4-5H2,1-3H3,(H,16,17,18). The van der Waals surface area contributed by atoms with Crippen LogP contribution in [0.1, 0.15) is 19.0 Å². The van der Waals surface area contributed by atoms with Gasteiger partial charge in [0.1, 0.15) is 5.54 Å². The summed E-state index contributed by atoms with van der Waals surface area (Å²) in [6, 6.07) is 0. The third-order valence-corrected chi connectivity index (χ3v) is 4.53. The van der Waals surface area contributed by atoms with Crippen LogP contribution in [0.15, 0.2) is 16.9 Å². The lowest BCUT2D eigenvalue weighted by Gasteiger charge is -2.26. The fourth-order valence-electron chi connectivity index (χ4n) is 2.43. The van der Waals surface area contributed by atoms with E-state index < -0.39 is 11.8 Å². The number of halogens is 1. The first-order valence-corrected chi connectivity index (χ1v) is 7.93. The Morgan fingerprint density at radius 2 is 2.35 bits per heavy atom.